The third kappa shape index (κ3) is 3.29. The van der Waals surface area contributed by atoms with Crippen LogP contribution in [0.4, 0.5) is 4.79 Å². The molecule has 3 nitrogen and oxygen atoms in total. The van der Waals surface area contributed by atoms with E-state index in [1.165, 1.54) is 0 Å². The van der Waals surface area contributed by atoms with Crippen molar-refractivity contribution in [2.75, 3.05) is 19.7 Å². The van der Waals surface area contributed by atoms with Gasteiger partial charge in [-0.1, -0.05) is 29.5 Å². The minimum Gasteiger partial charge on any atom is -0.450 e. The number of piperidine rings is 1. The van der Waals surface area contributed by atoms with Crippen LogP contribution in [-0.4, -0.2) is 34.6 Å². The van der Waals surface area contributed by atoms with Crippen molar-refractivity contribution < 1.29 is 9.53 Å². The topological polar surface area (TPSA) is 29.5 Å². The molecule has 0 aromatic rings. The zero-order chi connectivity index (χ0) is 10.6. The molecule has 0 radical (unpaired) electrons. The molecule has 1 unspecified atom stereocenters. The van der Waals surface area contributed by atoms with E-state index >= 15 is 0 Å². The number of hydrogen-bond acceptors (Lipinski definition) is 2. The summed E-state index contributed by atoms with van der Waals surface area (Å²) in [6.45, 7) is 6.28. The summed E-state index contributed by atoms with van der Waals surface area (Å²) in [6.07, 6.45) is 2.08. The average molecular weight is 311 g/mol. The van der Waals surface area contributed by atoms with Crippen LogP contribution in [0.15, 0.2) is 0 Å². The van der Waals surface area contributed by atoms with Gasteiger partial charge in [-0.05, 0) is 25.7 Å². The zero-order valence-electron chi connectivity index (χ0n) is 8.83. The largest absolute Gasteiger partial charge is 0.450 e. The Kier molecular flexibility index (Phi) is 4.98. The summed E-state index contributed by atoms with van der Waals surface area (Å²) in [5.41, 5.74) is 0. The Morgan fingerprint density at radius 1 is 1.57 bits per heavy atom. The van der Waals surface area contributed by atoms with Crippen molar-refractivity contribution in [3.05, 3.63) is 0 Å². The van der Waals surface area contributed by atoms with Crippen molar-refractivity contribution in [2.24, 2.45) is 5.92 Å². The Balaban J connectivity index is 2.31. The van der Waals surface area contributed by atoms with Crippen molar-refractivity contribution in [1.29, 1.82) is 0 Å². The first-order valence-corrected chi connectivity index (χ1v) is 6.45. The van der Waals surface area contributed by atoms with Gasteiger partial charge < -0.3 is 9.64 Å². The van der Waals surface area contributed by atoms with Crippen molar-refractivity contribution in [3.63, 3.8) is 0 Å². The second-order valence-corrected chi connectivity index (χ2v) is 5.67. The SMILES string of the molecule is CCOC(=O)N1CCC(C(C)I)CC1. The molecule has 4 heteroatoms. The molecule has 0 bridgehead atoms. The van der Waals surface area contributed by atoms with Gasteiger partial charge in [-0.15, -0.1) is 0 Å². The first kappa shape index (κ1) is 12.1. The molecule has 1 aliphatic rings. The molecule has 1 fully saturated rings. The van der Waals surface area contributed by atoms with Crippen LogP contribution < -0.4 is 0 Å². The highest BCUT2D eigenvalue weighted by atomic mass is 127. The maximum Gasteiger partial charge on any atom is 0.409 e. The highest BCUT2D eigenvalue weighted by Crippen LogP contribution is 2.25. The van der Waals surface area contributed by atoms with E-state index in [1.54, 1.807) is 0 Å². The first-order chi connectivity index (χ1) is 6.65. The molecule has 0 aromatic heterocycles. The number of carbonyl (C=O) groups is 1. The lowest BCUT2D eigenvalue weighted by Crippen LogP contribution is -2.40. The molecular weight excluding hydrogens is 293 g/mol. The Bertz CT molecular complexity index is 189. The Morgan fingerprint density at radius 2 is 2.14 bits per heavy atom. The standard InChI is InChI=1S/C10H18INO2/c1-3-14-10(13)12-6-4-9(5-7-12)8(2)11/h8-9H,3-7H2,1-2H3. The van der Waals surface area contributed by atoms with Crippen LogP contribution in [0.3, 0.4) is 0 Å². The number of nitrogens with zero attached hydrogens (tertiary/aromatic N) is 1. The summed E-state index contributed by atoms with van der Waals surface area (Å²) in [5.74, 6) is 0.765. The minimum atomic E-state index is -0.146. The maximum absolute atomic E-state index is 11.4. The third-order valence-corrected chi connectivity index (χ3v) is 3.73. The first-order valence-electron chi connectivity index (χ1n) is 5.21. The predicted molar refractivity (Wildman–Crippen MR) is 64.8 cm³/mol. The predicted octanol–water partition coefficient (Wildman–Crippen LogP) is 2.68. The minimum absolute atomic E-state index is 0.146. The van der Waals surface area contributed by atoms with E-state index in [0.717, 1.165) is 31.8 Å². The van der Waals surface area contributed by atoms with E-state index in [9.17, 15) is 4.79 Å². The molecule has 0 aliphatic carbocycles. The van der Waals surface area contributed by atoms with Crippen molar-refractivity contribution in [3.8, 4) is 0 Å². The number of alkyl halides is 1. The fourth-order valence-corrected chi connectivity index (χ4v) is 2.48. The Hall–Kier alpha value is 0. The van der Waals surface area contributed by atoms with E-state index in [0.29, 0.717) is 10.5 Å². The Morgan fingerprint density at radius 3 is 2.57 bits per heavy atom. The number of halogens is 1. The van der Waals surface area contributed by atoms with Crippen molar-refractivity contribution in [1.82, 2.24) is 4.90 Å². The summed E-state index contributed by atoms with van der Waals surface area (Å²) < 4.78 is 5.67. The molecule has 1 rings (SSSR count). The fraction of sp³-hybridized carbons (Fsp3) is 0.900. The van der Waals surface area contributed by atoms with Crippen LogP contribution in [-0.2, 0) is 4.74 Å². The van der Waals surface area contributed by atoms with E-state index in [4.69, 9.17) is 4.74 Å². The van der Waals surface area contributed by atoms with Crippen LogP contribution in [0, 0.1) is 5.92 Å². The number of ether oxygens (including phenoxy) is 1. The molecule has 1 amide bonds. The summed E-state index contributed by atoms with van der Waals surface area (Å²) in [5, 5.41) is 0. The van der Waals surface area contributed by atoms with Gasteiger partial charge in [-0.2, -0.15) is 0 Å². The summed E-state index contributed by atoms with van der Waals surface area (Å²) in [6, 6.07) is 0. The lowest BCUT2D eigenvalue weighted by Gasteiger charge is -2.32. The molecule has 14 heavy (non-hydrogen) atoms. The Labute approximate surface area is 99.3 Å². The smallest absolute Gasteiger partial charge is 0.409 e. The quantitative estimate of drug-likeness (QED) is 0.580. The van der Waals surface area contributed by atoms with Gasteiger partial charge in [0.05, 0.1) is 6.61 Å². The van der Waals surface area contributed by atoms with Gasteiger partial charge >= 0.3 is 6.09 Å². The van der Waals surface area contributed by atoms with Gasteiger partial charge in [-0.3, -0.25) is 0 Å². The monoisotopic (exact) mass is 311 g/mol. The van der Waals surface area contributed by atoms with Gasteiger partial charge in [-0.25, -0.2) is 4.79 Å². The van der Waals surface area contributed by atoms with Crippen molar-refractivity contribution in [2.45, 2.75) is 30.6 Å². The number of rotatable bonds is 2. The second kappa shape index (κ2) is 5.78. The van der Waals surface area contributed by atoms with Crippen LogP contribution in [0.5, 0.6) is 0 Å². The molecular formula is C10H18INO2. The lowest BCUT2D eigenvalue weighted by atomic mass is 9.95. The van der Waals surface area contributed by atoms with E-state index in [-0.39, 0.29) is 6.09 Å². The van der Waals surface area contributed by atoms with Crippen LogP contribution in [0.25, 0.3) is 0 Å². The van der Waals surface area contributed by atoms with Gasteiger partial charge in [0.25, 0.3) is 0 Å². The number of hydrogen-bond donors (Lipinski definition) is 0. The average Bonchev–Trinajstić information content (AvgIpc) is 2.18. The van der Waals surface area contributed by atoms with Gasteiger partial charge in [0, 0.05) is 17.0 Å². The van der Waals surface area contributed by atoms with E-state index < -0.39 is 0 Å². The second-order valence-electron chi connectivity index (χ2n) is 3.70. The molecule has 0 spiro atoms. The maximum atomic E-state index is 11.4. The fourth-order valence-electron chi connectivity index (χ4n) is 1.76. The summed E-state index contributed by atoms with van der Waals surface area (Å²) >= 11 is 2.47. The summed E-state index contributed by atoms with van der Waals surface area (Å²) in [4.78, 5) is 13.2. The van der Waals surface area contributed by atoms with Crippen LogP contribution in [0.2, 0.25) is 0 Å². The highest BCUT2D eigenvalue weighted by molar-refractivity contribution is 14.1. The number of carbonyl (C=O) groups excluding carboxylic acids is 1. The van der Waals surface area contributed by atoms with Crippen LogP contribution in [0.1, 0.15) is 26.7 Å². The van der Waals surface area contributed by atoms with E-state index in [1.807, 2.05) is 11.8 Å². The lowest BCUT2D eigenvalue weighted by molar-refractivity contribution is 0.0923. The molecule has 0 aromatic carbocycles. The van der Waals surface area contributed by atoms with Gasteiger partial charge in [0.1, 0.15) is 0 Å². The van der Waals surface area contributed by atoms with E-state index in [2.05, 4.69) is 29.5 Å². The normalized spacial score (nSPS) is 20.6. The molecule has 1 saturated heterocycles. The van der Waals surface area contributed by atoms with Gasteiger partial charge in [0.15, 0.2) is 0 Å². The summed E-state index contributed by atoms with van der Waals surface area (Å²) in [7, 11) is 0. The third-order valence-electron chi connectivity index (χ3n) is 2.72. The molecule has 0 saturated carbocycles. The highest BCUT2D eigenvalue weighted by Gasteiger charge is 2.25. The molecule has 1 heterocycles. The molecule has 0 N–H and O–H groups in total. The number of amides is 1. The number of likely N-dealkylation sites (tertiary alicyclic amines) is 1. The van der Waals surface area contributed by atoms with Crippen molar-refractivity contribution >= 4 is 28.7 Å². The molecule has 1 aliphatic heterocycles. The van der Waals surface area contributed by atoms with Crippen LogP contribution >= 0.6 is 22.6 Å². The van der Waals surface area contributed by atoms with Gasteiger partial charge in [0.2, 0.25) is 0 Å². The molecule has 82 valence electrons. The molecule has 1 atom stereocenters. The zero-order valence-corrected chi connectivity index (χ0v) is 11.0.